The van der Waals surface area contributed by atoms with Crippen molar-refractivity contribution in [2.75, 3.05) is 15.6 Å². The summed E-state index contributed by atoms with van der Waals surface area (Å²) in [6.07, 6.45) is 0. The smallest absolute Gasteiger partial charge is 0.744 e. The van der Waals surface area contributed by atoms with Crippen molar-refractivity contribution in [1.82, 2.24) is 15.0 Å². The molecule has 1 aromatic heterocycles. The van der Waals surface area contributed by atoms with Gasteiger partial charge in [-0.15, -0.1) is 0 Å². The van der Waals surface area contributed by atoms with Gasteiger partial charge in [-0.1, -0.05) is 23.2 Å². The zero-order valence-corrected chi connectivity index (χ0v) is 39.3. The van der Waals surface area contributed by atoms with Crippen LogP contribution in [-0.4, -0.2) is 77.5 Å². The Morgan fingerprint density at radius 2 is 1.41 bits per heavy atom. The number of halogens is 3. The Bertz CT molecular complexity index is 2650. The van der Waals surface area contributed by atoms with Crippen molar-refractivity contribution in [1.29, 1.82) is 0 Å². The fourth-order valence-electron chi connectivity index (χ4n) is 4.41. The van der Waals surface area contributed by atoms with Crippen LogP contribution in [0.15, 0.2) is 78.5 Å². The number of nitrogens with zero attached hydrogens (tertiary/aromatic N) is 7. The number of hydrazone groups is 1. The Hall–Kier alpha value is -1.92. The van der Waals surface area contributed by atoms with Gasteiger partial charge in [0.2, 0.25) is 17.2 Å². The largest absolute Gasteiger partial charge is 1.00 e. The molecule has 1 atom stereocenters. The van der Waals surface area contributed by atoms with Crippen molar-refractivity contribution in [3.05, 3.63) is 69.4 Å². The molecule has 1 amide bonds. The summed E-state index contributed by atoms with van der Waals surface area (Å²) in [7, 11) is -15.2. The monoisotopic (exact) mass is 915 g/mol. The summed E-state index contributed by atoms with van der Waals surface area (Å²) >= 11 is 18.0. The molecule has 5 rings (SSSR count). The van der Waals surface area contributed by atoms with E-state index in [0.29, 0.717) is 11.1 Å². The third-order valence-corrected chi connectivity index (χ3v) is 10.2. The van der Waals surface area contributed by atoms with E-state index in [1.807, 2.05) is 0 Å². The first-order valence-corrected chi connectivity index (χ1v) is 19.0. The second-order valence-corrected chi connectivity index (χ2v) is 15.5. The molecule has 2 N–H and O–H groups in total. The van der Waals surface area contributed by atoms with Crippen molar-refractivity contribution in [2.24, 2.45) is 15.3 Å². The van der Waals surface area contributed by atoms with E-state index in [-0.39, 0.29) is 119 Å². The molecule has 56 heavy (non-hydrogen) atoms. The molecule has 0 radical (unpaired) electrons. The average Bonchev–Trinajstić information content (AvgIpc) is 3.31. The van der Waals surface area contributed by atoms with E-state index in [1.165, 1.54) is 6.92 Å². The van der Waals surface area contributed by atoms with Crippen LogP contribution in [0.2, 0.25) is 15.3 Å². The second kappa shape index (κ2) is 19.4. The molecule has 1 aliphatic rings. The van der Waals surface area contributed by atoms with Crippen LogP contribution in [0, 0.1) is 0 Å². The molecule has 4 aromatic rings. The van der Waals surface area contributed by atoms with E-state index in [1.54, 1.807) is 0 Å². The molecule has 0 saturated carbocycles. The predicted molar refractivity (Wildman–Crippen MR) is 179 cm³/mol. The van der Waals surface area contributed by atoms with Crippen molar-refractivity contribution in [2.45, 2.75) is 27.7 Å². The predicted octanol–water partition coefficient (Wildman–Crippen LogP) is -6.61. The number of nitrogens with one attached hydrogen (secondary N) is 2. The van der Waals surface area contributed by atoms with Crippen molar-refractivity contribution < 1.29 is 144 Å². The van der Waals surface area contributed by atoms with E-state index in [4.69, 9.17) is 34.8 Å². The van der Waals surface area contributed by atoms with E-state index in [2.05, 4.69) is 40.9 Å². The standard InChI is InChI=1S/C26H18Cl3N9O12S3.3Na/c1-10-21(22(39)38(37-10)18-8-15(28)20(9-14(18)27)53(48,49)50)36-35-17-6-11(2-5-19(17)52(45,46)47)30-25-32-24(29)33-26(34-25)31-16-4-3-12(51(42,43)44)7-13(16)23(40)41;;;/h2-9,21H,1H3,(H,40,41)(H,42,43,44)(H,45,46,47)(H,48,49,50)(H2,30,31,32,33,34);;;/q;3*+1/p-3. The summed E-state index contributed by atoms with van der Waals surface area (Å²) in [5, 5.41) is 27.7. The van der Waals surface area contributed by atoms with Gasteiger partial charge in [-0.25, -0.2) is 25.3 Å². The maximum Gasteiger partial charge on any atom is 1.00 e. The molecule has 0 aliphatic carbocycles. The third-order valence-electron chi connectivity index (χ3n) is 6.71. The zero-order chi connectivity index (χ0) is 39.2. The molecular formula is C26H15Cl3N9Na3O12S3. The summed E-state index contributed by atoms with van der Waals surface area (Å²) < 4.78 is 104. The average molecular weight is 917 g/mol. The number of benzene rings is 3. The van der Waals surface area contributed by atoms with Crippen LogP contribution in [0.25, 0.3) is 0 Å². The van der Waals surface area contributed by atoms with E-state index in [9.17, 15) is 53.6 Å². The molecule has 2 heterocycles. The number of carbonyl (C=O) groups is 2. The summed E-state index contributed by atoms with van der Waals surface area (Å²) in [6, 6.07) is 5.36. The number of azo groups is 1. The van der Waals surface area contributed by atoms with Crippen LogP contribution in [-0.2, 0) is 35.1 Å². The van der Waals surface area contributed by atoms with Crippen molar-refractivity contribution in [3.8, 4) is 0 Å². The number of aromatic nitrogens is 3. The van der Waals surface area contributed by atoms with Crippen LogP contribution < -0.4 is 109 Å². The molecule has 1 aliphatic heterocycles. The number of carbonyl (C=O) groups excluding carboxylic acids is 2. The molecular weight excluding hydrogens is 902 g/mol. The molecule has 3 aromatic carbocycles. The van der Waals surface area contributed by atoms with Gasteiger partial charge in [0.05, 0.1) is 47.8 Å². The Morgan fingerprint density at radius 3 is 1.98 bits per heavy atom. The number of carboxylic acids is 1. The summed E-state index contributed by atoms with van der Waals surface area (Å²) in [5.41, 5.74) is -1.93. The minimum atomic E-state index is -5.19. The van der Waals surface area contributed by atoms with Crippen molar-refractivity contribution >= 4 is 117 Å². The third kappa shape index (κ3) is 11.9. The minimum absolute atomic E-state index is 0. The van der Waals surface area contributed by atoms with Crippen LogP contribution in [0.5, 0.6) is 0 Å². The first-order valence-electron chi connectivity index (χ1n) is 13.6. The SMILES string of the molecule is CC1=NN(c2cc(Cl)c(S(=O)(=O)[O-])cc2Cl)C(=O)C1N=Nc1cc(Nc2nc(Cl)nc(Nc3ccc(S(=O)(=O)[O-])cc3C(=O)[O-])n2)ccc1S(=O)(=O)[O-].[H+].[Na+].[Na+].[Na+]. The van der Waals surface area contributed by atoms with Gasteiger partial charge < -0.3 is 34.2 Å². The molecule has 0 saturated heterocycles. The first kappa shape index (κ1) is 50.2. The summed E-state index contributed by atoms with van der Waals surface area (Å²) in [6.45, 7) is 1.34. The molecule has 0 fully saturated rings. The van der Waals surface area contributed by atoms with E-state index >= 15 is 0 Å². The number of hydrogen-bond acceptors (Lipinski definition) is 20. The van der Waals surface area contributed by atoms with Crippen LogP contribution in [0.1, 0.15) is 18.7 Å². The number of hydrogen-bond donors (Lipinski definition) is 2. The zero-order valence-electron chi connectivity index (χ0n) is 29.6. The number of aromatic carboxylic acids is 1. The van der Waals surface area contributed by atoms with Gasteiger partial charge in [0.15, 0.2) is 6.04 Å². The summed E-state index contributed by atoms with van der Waals surface area (Å²) in [4.78, 5) is 33.9. The topological polar surface area (TPSA) is 332 Å². The van der Waals surface area contributed by atoms with Gasteiger partial charge in [-0.3, -0.25) is 4.79 Å². The fourth-order valence-corrected chi connectivity index (χ4v) is 6.96. The summed E-state index contributed by atoms with van der Waals surface area (Å²) in [5.74, 6) is -3.54. The van der Waals surface area contributed by atoms with Gasteiger partial charge in [0, 0.05) is 11.3 Å². The van der Waals surface area contributed by atoms with Gasteiger partial charge in [0.25, 0.3) is 5.91 Å². The molecule has 30 heteroatoms. The number of amides is 1. The minimum Gasteiger partial charge on any atom is -0.744 e. The van der Waals surface area contributed by atoms with Gasteiger partial charge in [0.1, 0.15) is 36.0 Å². The number of carboxylic acid groups (broad SMARTS) is 1. The van der Waals surface area contributed by atoms with Gasteiger partial charge in [-0.2, -0.15) is 35.3 Å². The Morgan fingerprint density at radius 1 is 0.804 bits per heavy atom. The Labute approximate surface area is 399 Å². The Balaban J connectivity index is 0.00000406. The maximum atomic E-state index is 13.3. The van der Waals surface area contributed by atoms with Crippen LogP contribution in [0.3, 0.4) is 0 Å². The molecule has 1 unspecified atom stereocenters. The van der Waals surface area contributed by atoms with Gasteiger partial charge >= 0.3 is 90.1 Å². The Kier molecular flexibility index (Phi) is 17.4. The van der Waals surface area contributed by atoms with Crippen LogP contribution in [0.4, 0.5) is 34.6 Å². The first-order chi connectivity index (χ1) is 24.5. The molecule has 0 bridgehead atoms. The van der Waals surface area contributed by atoms with E-state index < -0.39 is 95.5 Å². The van der Waals surface area contributed by atoms with Crippen molar-refractivity contribution in [3.63, 3.8) is 0 Å². The normalized spacial score (nSPS) is 14.3. The fraction of sp³-hybridized carbons (Fsp3) is 0.0769. The maximum absolute atomic E-state index is 13.3. The van der Waals surface area contributed by atoms with E-state index in [0.717, 1.165) is 42.5 Å². The number of anilines is 5. The second-order valence-electron chi connectivity index (χ2n) is 10.3. The quantitative estimate of drug-likeness (QED) is 0.0802. The molecule has 21 nitrogen and oxygen atoms in total. The molecule has 278 valence electrons. The van der Waals surface area contributed by atoms with Gasteiger partial charge in [-0.05, 0) is 67.1 Å². The van der Waals surface area contributed by atoms with Crippen LogP contribution >= 0.6 is 34.8 Å². The molecule has 0 spiro atoms. The number of rotatable bonds is 11.